The summed E-state index contributed by atoms with van der Waals surface area (Å²) in [4.78, 5) is 0. The molecule has 18 heavy (non-hydrogen) atoms. The Hall–Kier alpha value is -1.31. The number of hydrogen-bond acceptors (Lipinski definition) is 0. The van der Waals surface area contributed by atoms with Gasteiger partial charge in [-0.1, -0.05) is 42.5 Å². The normalized spacial score (nSPS) is 10.3. The Labute approximate surface area is 119 Å². The van der Waals surface area contributed by atoms with E-state index in [4.69, 9.17) is 11.6 Å². The number of hydrogen-bond donors (Lipinski definition) is 0. The van der Waals surface area contributed by atoms with Crippen molar-refractivity contribution in [1.29, 1.82) is 0 Å². The molecule has 0 aliphatic heterocycles. The van der Waals surface area contributed by atoms with Crippen LogP contribution in [0, 0.1) is 0 Å². The molecular formula is C15H15Cl2N. The third-order valence-electron chi connectivity index (χ3n) is 2.53. The van der Waals surface area contributed by atoms with E-state index in [1.54, 1.807) is 0 Å². The standard InChI is InChI=1S/C15H15ClN.ClH/c16-10-13-17-11-8-15(9-12-17)7-6-14-4-2-1-3-5-14;/h1-9,11-12H,10,13H2;1H/q+1;/p-1/b7-6+;. The third-order valence-corrected chi connectivity index (χ3v) is 2.70. The summed E-state index contributed by atoms with van der Waals surface area (Å²) in [5, 5.41) is 0. The topological polar surface area (TPSA) is 3.88 Å². The Kier molecular flexibility index (Phi) is 6.48. The van der Waals surface area contributed by atoms with Crippen molar-refractivity contribution < 1.29 is 17.0 Å². The van der Waals surface area contributed by atoms with Crippen molar-refractivity contribution in [2.45, 2.75) is 6.54 Å². The zero-order valence-corrected chi connectivity index (χ0v) is 11.5. The van der Waals surface area contributed by atoms with Crippen molar-refractivity contribution in [3.05, 3.63) is 66.0 Å². The zero-order valence-electron chi connectivity index (χ0n) is 9.97. The van der Waals surface area contributed by atoms with Crippen LogP contribution in [0.15, 0.2) is 54.9 Å². The maximum Gasteiger partial charge on any atom is 0.169 e. The molecule has 1 aromatic carbocycles. The van der Waals surface area contributed by atoms with Gasteiger partial charge in [0.15, 0.2) is 18.9 Å². The number of nitrogens with zero attached hydrogens (tertiary/aromatic N) is 1. The number of benzene rings is 1. The summed E-state index contributed by atoms with van der Waals surface area (Å²) < 4.78 is 2.08. The maximum absolute atomic E-state index is 5.68. The number of halogens is 2. The molecular weight excluding hydrogens is 265 g/mol. The van der Waals surface area contributed by atoms with Crippen LogP contribution in [0.25, 0.3) is 12.2 Å². The molecule has 0 saturated heterocycles. The van der Waals surface area contributed by atoms with Crippen LogP contribution in [0.2, 0.25) is 0 Å². The predicted octanol–water partition coefficient (Wildman–Crippen LogP) is 0.387. The fourth-order valence-electron chi connectivity index (χ4n) is 1.58. The van der Waals surface area contributed by atoms with Crippen molar-refractivity contribution in [2.75, 3.05) is 5.88 Å². The second kappa shape index (κ2) is 7.91. The molecule has 0 radical (unpaired) electrons. The van der Waals surface area contributed by atoms with Crippen molar-refractivity contribution in [2.24, 2.45) is 0 Å². The van der Waals surface area contributed by atoms with Crippen molar-refractivity contribution in [1.82, 2.24) is 0 Å². The molecule has 94 valence electrons. The fraction of sp³-hybridized carbons (Fsp3) is 0.133. The van der Waals surface area contributed by atoms with E-state index in [2.05, 4.69) is 41.0 Å². The van der Waals surface area contributed by atoms with Gasteiger partial charge >= 0.3 is 0 Å². The molecule has 3 heteroatoms. The van der Waals surface area contributed by atoms with E-state index in [1.165, 1.54) is 11.1 Å². The smallest absolute Gasteiger partial charge is 0.169 e. The van der Waals surface area contributed by atoms with Crippen LogP contribution >= 0.6 is 11.6 Å². The van der Waals surface area contributed by atoms with Gasteiger partial charge in [-0.2, -0.15) is 0 Å². The molecule has 0 atom stereocenters. The molecule has 2 aromatic rings. The molecule has 0 aliphatic carbocycles. The van der Waals surface area contributed by atoms with Gasteiger partial charge in [0.2, 0.25) is 0 Å². The van der Waals surface area contributed by atoms with E-state index in [0.29, 0.717) is 5.88 Å². The van der Waals surface area contributed by atoms with E-state index < -0.39 is 0 Å². The van der Waals surface area contributed by atoms with Gasteiger partial charge in [0.25, 0.3) is 0 Å². The van der Waals surface area contributed by atoms with Crippen LogP contribution in [-0.2, 0) is 6.54 Å². The Morgan fingerprint density at radius 3 is 2.00 bits per heavy atom. The Morgan fingerprint density at radius 2 is 1.44 bits per heavy atom. The van der Waals surface area contributed by atoms with Crippen molar-refractivity contribution in [3.8, 4) is 0 Å². The summed E-state index contributed by atoms with van der Waals surface area (Å²) in [6.45, 7) is 0.851. The van der Waals surface area contributed by atoms with E-state index in [1.807, 2.05) is 30.6 Å². The van der Waals surface area contributed by atoms with Crippen molar-refractivity contribution >= 4 is 23.8 Å². The summed E-state index contributed by atoms with van der Waals surface area (Å²) in [7, 11) is 0. The van der Waals surface area contributed by atoms with Crippen LogP contribution in [0.4, 0.5) is 0 Å². The lowest BCUT2D eigenvalue weighted by molar-refractivity contribution is -0.692. The Bertz CT molecular complexity index is 478. The average molecular weight is 280 g/mol. The molecule has 0 spiro atoms. The van der Waals surface area contributed by atoms with Crippen LogP contribution < -0.4 is 17.0 Å². The monoisotopic (exact) mass is 279 g/mol. The fourth-order valence-corrected chi connectivity index (χ4v) is 1.78. The summed E-state index contributed by atoms with van der Waals surface area (Å²) in [5.74, 6) is 0.643. The maximum atomic E-state index is 5.68. The minimum absolute atomic E-state index is 0. The lowest BCUT2D eigenvalue weighted by Gasteiger charge is -1.95. The van der Waals surface area contributed by atoms with E-state index >= 15 is 0 Å². The van der Waals surface area contributed by atoms with Gasteiger partial charge in [-0.15, -0.1) is 11.6 Å². The first-order valence-electron chi connectivity index (χ1n) is 5.67. The molecule has 0 fully saturated rings. The zero-order chi connectivity index (χ0) is 11.9. The minimum atomic E-state index is 0. The molecule has 2 rings (SSSR count). The Balaban J connectivity index is 0.00000162. The molecule has 1 nitrogen and oxygen atoms in total. The summed E-state index contributed by atoms with van der Waals surface area (Å²) in [5.41, 5.74) is 2.41. The highest BCUT2D eigenvalue weighted by molar-refractivity contribution is 6.17. The van der Waals surface area contributed by atoms with Gasteiger partial charge in [-0.05, 0) is 11.1 Å². The SMILES string of the molecule is ClCC[n+]1ccc(/C=C/c2ccccc2)cc1.[Cl-]. The quantitative estimate of drug-likeness (QED) is 0.563. The summed E-state index contributed by atoms with van der Waals surface area (Å²) >= 11 is 5.68. The molecule has 0 amide bonds. The second-order valence-electron chi connectivity index (χ2n) is 3.80. The van der Waals surface area contributed by atoms with Gasteiger partial charge in [-0.25, -0.2) is 4.57 Å². The van der Waals surface area contributed by atoms with Gasteiger partial charge in [-0.3, -0.25) is 0 Å². The molecule has 1 heterocycles. The molecule has 0 N–H and O–H groups in total. The first-order valence-corrected chi connectivity index (χ1v) is 6.20. The highest BCUT2D eigenvalue weighted by Gasteiger charge is 1.97. The van der Waals surface area contributed by atoms with Gasteiger partial charge < -0.3 is 12.4 Å². The first kappa shape index (κ1) is 14.7. The molecule has 0 aliphatic rings. The largest absolute Gasteiger partial charge is 1.00 e. The molecule has 1 aromatic heterocycles. The highest BCUT2D eigenvalue weighted by atomic mass is 35.5. The van der Waals surface area contributed by atoms with Crippen LogP contribution in [-0.4, -0.2) is 5.88 Å². The van der Waals surface area contributed by atoms with Gasteiger partial charge in [0.1, 0.15) is 0 Å². The average Bonchev–Trinajstić information content (AvgIpc) is 2.40. The molecule has 0 unspecified atom stereocenters. The number of aromatic nitrogens is 1. The van der Waals surface area contributed by atoms with Gasteiger partial charge in [0, 0.05) is 12.1 Å². The van der Waals surface area contributed by atoms with E-state index in [9.17, 15) is 0 Å². The van der Waals surface area contributed by atoms with E-state index in [0.717, 1.165) is 6.54 Å². The van der Waals surface area contributed by atoms with Gasteiger partial charge in [0.05, 0.1) is 5.88 Å². The lowest BCUT2D eigenvalue weighted by atomic mass is 10.1. The summed E-state index contributed by atoms with van der Waals surface area (Å²) in [6.07, 6.45) is 8.32. The second-order valence-corrected chi connectivity index (χ2v) is 4.18. The molecule has 0 saturated carbocycles. The van der Waals surface area contributed by atoms with Crippen LogP contribution in [0.3, 0.4) is 0 Å². The Morgan fingerprint density at radius 1 is 0.889 bits per heavy atom. The van der Waals surface area contributed by atoms with Crippen molar-refractivity contribution in [3.63, 3.8) is 0 Å². The van der Waals surface area contributed by atoms with Crippen LogP contribution in [0.5, 0.6) is 0 Å². The number of alkyl halides is 1. The highest BCUT2D eigenvalue weighted by Crippen LogP contribution is 2.06. The number of rotatable bonds is 4. The van der Waals surface area contributed by atoms with E-state index in [-0.39, 0.29) is 12.4 Å². The number of pyridine rings is 1. The molecule has 0 bridgehead atoms. The predicted molar refractivity (Wildman–Crippen MR) is 72.7 cm³/mol. The third kappa shape index (κ3) is 4.52. The first-order chi connectivity index (χ1) is 8.38. The van der Waals surface area contributed by atoms with Crippen LogP contribution in [0.1, 0.15) is 11.1 Å². The number of aryl methyl sites for hydroxylation is 1. The lowest BCUT2D eigenvalue weighted by Crippen LogP contribution is -3.00. The summed E-state index contributed by atoms with van der Waals surface area (Å²) in [6, 6.07) is 14.5. The minimum Gasteiger partial charge on any atom is -1.00 e.